The molecule has 0 aromatic rings. The summed E-state index contributed by atoms with van der Waals surface area (Å²) in [4.78, 5) is 0. The minimum Gasteiger partial charge on any atom is -0.340 e. The first kappa shape index (κ1) is 6.35. The van der Waals surface area contributed by atoms with Crippen LogP contribution >= 0.6 is 9.03 Å². The van der Waals surface area contributed by atoms with Crippen LogP contribution in [0.5, 0.6) is 0 Å². The van der Waals surface area contributed by atoms with Crippen molar-refractivity contribution in [2.75, 3.05) is 13.7 Å². The molecule has 0 aromatic heterocycles. The lowest BCUT2D eigenvalue weighted by Gasteiger charge is -1.92. The predicted octanol–water partition coefficient (Wildman–Crippen LogP) is 1.18. The molecule has 2 nitrogen and oxygen atoms in total. The molecule has 0 spiro atoms. The summed E-state index contributed by atoms with van der Waals surface area (Å²) in [5.74, 6) is 0. The van der Waals surface area contributed by atoms with Gasteiger partial charge in [0.1, 0.15) is 0 Å². The summed E-state index contributed by atoms with van der Waals surface area (Å²) in [6, 6.07) is 0. The van der Waals surface area contributed by atoms with Crippen LogP contribution in [0.1, 0.15) is 6.92 Å². The maximum Gasteiger partial charge on any atom is 0.154 e. The van der Waals surface area contributed by atoms with Crippen LogP contribution in [0.3, 0.4) is 0 Å². The summed E-state index contributed by atoms with van der Waals surface area (Å²) in [6.07, 6.45) is 0. The van der Waals surface area contributed by atoms with Crippen LogP contribution in [0.2, 0.25) is 0 Å². The van der Waals surface area contributed by atoms with Crippen molar-refractivity contribution in [3.63, 3.8) is 0 Å². The summed E-state index contributed by atoms with van der Waals surface area (Å²) in [5.41, 5.74) is 0. The Hall–Kier alpha value is 0.350. The molecular weight excluding hydrogens is 99.0 g/mol. The summed E-state index contributed by atoms with van der Waals surface area (Å²) < 4.78 is 9.38. The van der Waals surface area contributed by atoms with E-state index in [0.29, 0.717) is 0 Å². The molecule has 3 heteroatoms. The van der Waals surface area contributed by atoms with Gasteiger partial charge in [-0.15, -0.1) is 0 Å². The van der Waals surface area contributed by atoms with E-state index in [-0.39, 0.29) is 9.03 Å². The van der Waals surface area contributed by atoms with Gasteiger partial charge in [-0.2, -0.15) is 0 Å². The summed E-state index contributed by atoms with van der Waals surface area (Å²) in [7, 11) is 1.83. The first-order chi connectivity index (χ1) is 2.91. The lowest BCUT2D eigenvalue weighted by atomic mass is 10.9. The van der Waals surface area contributed by atoms with E-state index in [1.807, 2.05) is 6.92 Å². The molecule has 0 bridgehead atoms. The third kappa shape index (κ3) is 4.35. The van der Waals surface area contributed by atoms with Crippen LogP contribution < -0.4 is 0 Å². The van der Waals surface area contributed by atoms with E-state index in [2.05, 4.69) is 4.52 Å². The third-order valence-electron chi connectivity index (χ3n) is 0.287. The lowest BCUT2D eigenvalue weighted by Crippen LogP contribution is -1.72. The molecule has 0 amide bonds. The Morgan fingerprint density at radius 3 is 2.50 bits per heavy atom. The van der Waals surface area contributed by atoms with Crippen molar-refractivity contribution in [1.82, 2.24) is 0 Å². The standard InChI is InChI=1S/C3H9O2P/c1-3-5-6-4-2/h6H,3H2,1-2H3. The van der Waals surface area contributed by atoms with Gasteiger partial charge < -0.3 is 9.05 Å². The number of hydrogen-bond donors (Lipinski definition) is 0. The average molecular weight is 108 g/mol. The molecule has 0 heterocycles. The SMILES string of the molecule is CCOPOC. The zero-order valence-electron chi connectivity index (χ0n) is 4.02. The van der Waals surface area contributed by atoms with Crippen molar-refractivity contribution in [3.05, 3.63) is 0 Å². The van der Waals surface area contributed by atoms with Crippen molar-refractivity contribution in [3.8, 4) is 0 Å². The van der Waals surface area contributed by atoms with Gasteiger partial charge in [-0.1, -0.05) is 0 Å². The van der Waals surface area contributed by atoms with Crippen LogP contribution in [0.25, 0.3) is 0 Å². The molecule has 0 aliphatic rings. The van der Waals surface area contributed by atoms with Gasteiger partial charge in [0.2, 0.25) is 0 Å². The van der Waals surface area contributed by atoms with Gasteiger partial charge in [-0.25, -0.2) is 0 Å². The predicted molar refractivity (Wildman–Crippen MR) is 26.9 cm³/mol. The third-order valence-corrected chi connectivity index (χ3v) is 0.860. The van der Waals surface area contributed by atoms with Crippen LogP contribution in [-0.2, 0) is 9.05 Å². The molecule has 0 fully saturated rings. The van der Waals surface area contributed by atoms with Gasteiger partial charge in [0.15, 0.2) is 9.03 Å². The molecule has 0 rings (SSSR count). The highest BCUT2D eigenvalue weighted by molar-refractivity contribution is 7.26. The average Bonchev–Trinajstić information content (AvgIpc) is 1.61. The number of hydrogen-bond acceptors (Lipinski definition) is 2. The molecule has 0 N–H and O–H groups in total. The van der Waals surface area contributed by atoms with Crippen molar-refractivity contribution < 1.29 is 9.05 Å². The monoisotopic (exact) mass is 108 g/mol. The van der Waals surface area contributed by atoms with E-state index in [1.54, 1.807) is 7.11 Å². The van der Waals surface area contributed by atoms with Crippen LogP contribution in [0.4, 0.5) is 0 Å². The summed E-state index contributed by atoms with van der Waals surface area (Å²) >= 11 is 0. The van der Waals surface area contributed by atoms with Gasteiger partial charge in [0.25, 0.3) is 0 Å². The maximum atomic E-state index is 4.79. The quantitative estimate of drug-likeness (QED) is 0.399. The second kappa shape index (κ2) is 5.35. The van der Waals surface area contributed by atoms with E-state index in [4.69, 9.17) is 4.52 Å². The molecule has 6 heavy (non-hydrogen) atoms. The largest absolute Gasteiger partial charge is 0.340 e. The van der Waals surface area contributed by atoms with Crippen LogP contribution in [-0.4, -0.2) is 13.7 Å². The molecule has 0 radical (unpaired) electrons. The zero-order chi connectivity index (χ0) is 4.83. The number of rotatable bonds is 3. The normalized spacial score (nSPS) is 11.0. The fraction of sp³-hybridized carbons (Fsp3) is 1.00. The molecule has 1 unspecified atom stereocenters. The second-order valence-electron chi connectivity index (χ2n) is 0.720. The van der Waals surface area contributed by atoms with E-state index in [1.165, 1.54) is 0 Å². The highest BCUT2D eigenvalue weighted by atomic mass is 31.1. The minimum atomic E-state index is 0.215. The first-order valence-electron chi connectivity index (χ1n) is 1.81. The lowest BCUT2D eigenvalue weighted by molar-refractivity contribution is 0.318. The fourth-order valence-corrected chi connectivity index (χ4v) is 0.354. The minimum absolute atomic E-state index is 0.215. The van der Waals surface area contributed by atoms with Crippen LogP contribution in [0, 0.1) is 0 Å². The molecule has 0 aromatic carbocycles. The molecular formula is C3H9O2P. The van der Waals surface area contributed by atoms with Gasteiger partial charge in [0.05, 0.1) is 6.61 Å². The maximum absolute atomic E-state index is 4.79. The Labute approximate surface area is 39.8 Å². The van der Waals surface area contributed by atoms with Crippen LogP contribution in [0.15, 0.2) is 0 Å². The smallest absolute Gasteiger partial charge is 0.154 e. The van der Waals surface area contributed by atoms with E-state index >= 15 is 0 Å². The Kier molecular flexibility index (Phi) is 5.66. The van der Waals surface area contributed by atoms with Gasteiger partial charge in [-0.3, -0.25) is 0 Å². The van der Waals surface area contributed by atoms with Gasteiger partial charge in [0, 0.05) is 7.11 Å². The second-order valence-corrected chi connectivity index (χ2v) is 1.58. The Balaban J connectivity index is 2.34. The highest BCUT2D eigenvalue weighted by Crippen LogP contribution is 2.08. The molecule has 38 valence electrons. The molecule has 0 saturated carbocycles. The van der Waals surface area contributed by atoms with Gasteiger partial charge in [-0.05, 0) is 6.92 Å². The zero-order valence-corrected chi connectivity index (χ0v) is 5.02. The molecule has 1 atom stereocenters. The van der Waals surface area contributed by atoms with E-state index in [9.17, 15) is 0 Å². The van der Waals surface area contributed by atoms with Crippen molar-refractivity contribution in [1.29, 1.82) is 0 Å². The topological polar surface area (TPSA) is 18.5 Å². The van der Waals surface area contributed by atoms with Crippen molar-refractivity contribution in [2.24, 2.45) is 0 Å². The Morgan fingerprint density at radius 2 is 2.33 bits per heavy atom. The Bertz CT molecular complexity index is 20.8. The molecule has 0 aliphatic carbocycles. The fourth-order valence-electron chi connectivity index (χ4n) is 0.118. The summed E-state index contributed by atoms with van der Waals surface area (Å²) in [5, 5.41) is 0. The van der Waals surface area contributed by atoms with Crippen molar-refractivity contribution >= 4 is 9.03 Å². The van der Waals surface area contributed by atoms with E-state index < -0.39 is 0 Å². The van der Waals surface area contributed by atoms with Gasteiger partial charge >= 0.3 is 0 Å². The van der Waals surface area contributed by atoms with E-state index in [0.717, 1.165) is 6.61 Å². The first-order valence-corrected chi connectivity index (χ1v) is 2.63. The summed E-state index contributed by atoms with van der Waals surface area (Å²) in [6.45, 7) is 2.68. The highest BCUT2D eigenvalue weighted by Gasteiger charge is 1.72. The van der Waals surface area contributed by atoms with Crippen molar-refractivity contribution in [2.45, 2.75) is 6.92 Å². The molecule has 0 saturated heterocycles. The molecule has 0 aliphatic heterocycles. The Morgan fingerprint density at radius 1 is 1.67 bits per heavy atom.